The third-order valence-electron chi connectivity index (χ3n) is 3.89. The maximum atomic E-state index is 12.7. The molecule has 9 nitrogen and oxygen atoms in total. The summed E-state index contributed by atoms with van der Waals surface area (Å²) in [6.07, 6.45) is 6.57. The van der Waals surface area contributed by atoms with Gasteiger partial charge in [0, 0.05) is 12.4 Å². The predicted octanol–water partition coefficient (Wildman–Crippen LogP) is 2.66. The van der Waals surface area contributed by atoms with E-state index in [0.29, 0.717) is 12.5 Å². The fourth-order valence-corrected chi connectivity index (χ4v) is 2.94. The van der Waals surface area contributed by atoms with Crippen LogP contribution in [-0.2, 0) is 6.67 Å². The molecule has 0 radical (unpaired) electrons. The number of hydrogen-bond acceptors (Lipinski definition) is 5. The summed E-state index contributed by atoms with van der Waals surface area (Å²) in [4.78, 5) is 12.7. The molecule has 28 heavy (non-hydrogen) atoms. The van der Waals surface area contributed by atoms with E-state index in [1.54, 1.807) is 34.0 Å². The minimum atomic E-state index is -0.436. The second-order valence-corrected chi connectivity index (χ2v) is 6.72. The van der Waals surface area contributed by atoms with Gasteiger partial charge in [-0.15, -0.1) is 0 Å². The van der Waals surface area contributed by atoms with Crippen LogP contribution in [-0.4, -0.2) is 35.2 Å². The highest BCUT2D eigenvalue weighted by Crippen LogP contribution is 2.20. The Morgan fingerprint density at radius 3 is 2.68 bits per heavy atom. The largest absolute Gasteiger partial charge is 0.304 e. The number of hydrogen-bond donors (Lipinski definition) is 1. The summed E-state index contributed by atoms with van der Waals surface area (Å²) < 4.78 is 5.63. The normalized spacial score (nSPS) is 10.6. The standard InChI is InChI=1S/C18H13BrN8O/c19-14-10-21-26(11-14)12-25-7-6-16(24-25)18(28)23-17-13(8-20)9-22-27(17)15-4-2-1-3-5-15/h1-7,9-11H,12H2,(H,23,28). The molecule has 0 spiro atoms. The molecule has 138 valence electrons. The highest BCUT2D eigenvalue weighted by Gasteiger charge is 2.17. The van der Waals surface area contributed by atoms with E-state index in [-0.39, 0.29) is 11.3 Å². The molecule has 4 rings (SSSR count). The van der Waals surface area contributed by atoms with E-state index in [1.165, 1.54) is 10.9 Å². The lowest BCUT2D eigenvalue weighted by atomic mass is 10.3. The molecule has 3 heterocycles. The Kier molecular flexibility index (Phi) is 4.74. The van der Waals surface area contributed by atoms with E-state index in [0.717, 1.165) is 10.2 Å². The maximum absolute atomic E-state index is 12.7. The van der Waals surface area contributed by atoms with Crippen molar-refractivity contribution < 1.29 is 4.79 Å². The van der Waals surface area contributed by atoms with Crippen LogP contribution in [0.5, 0.6) is 0 Å². The number of benzene rings is 1. The van der Waals surface area contributed by atoms with Gasteiger partial charge in [0.2, 0.25) is 0 Å². The van der Waals surface area contributed by atoms with Crippen LogP contribution in [0.3, 0.4) is 0 Å². The number of aromatic nitrogens is 6. The lowest BCUT2D eigenvalue weighted by Gasteiger charge is -2.08. The average Bonchev–Trinajstić information content (AvgIpc) is 3.43. The van der Waals surface area contributed by atoms with Gasteiger partial charge in [-0.3, -0.25) is 9.48 Å². The third-order valence-corrected chi connectivity index (χ3v) is 4.30. The van der Waals surface area contributed by atoms with E-state index in [9.17, 15) is 10.1 Å². The number of halogens is 1. The first kappa shape index (κ1) is 17.7. The average molecular weight is 437 g/mol. The predicted molar refractivity (Wildman–Crippen MR) is 104 cm³/mol. The van der Waals surface area contributed by atoms with E-state index in [2.05, 4.69) is 36.5 Å². The van der Waals surface area contributed by atoms with Gasteiger partial charge >= 0.3 is 0 Å². The van der Waals surface area contributed by atoms with Crippen molar-refractivity contribution in [3.8, 4) is 11.8 Å². The molecule has 1 amide bonds. The van der Waals surface area contributed by atoms with Gasteiger partial charge in [-0.25, -0.2) is 9.36 Å². The SMILES string of the molecule is N#Cc1cnn(-c2ccccc2)c1NC(=O)c1ccn(Cn2cc(Br)cn2)n1. The van der Waals surface area contributed by atoms with Gasteiger partial charge in [-0.2, -0.15) is 20.6 Å². The van der Waals surface area contributed by atoms with Crippen molar-refractivity contribution in [2.24, 2.45) is 0 Å². The van der Waals surface area contributed by atoms with E-state index < -0.39 is 5.91 Å². The van der Waals surface area contributed by atoms with Gasteiger partial charge in [-0.1, -0.05) is 18.2 Å². The highest BCUT2D eigenvalue weighted by atomic mass is 79.9. The minimum absolute atomic E-state index is 0.218. The molecule has 1 N–H and O–H groups in total. The summed E-state index contributed by atoms with van der Waals surface area (Å²) >= 11 is 3.34. The molecule has 3 aromatic heterocycles. The van der Waals surface area contributed by atoms with Crippen LogP contribution in [0.2, 0.25) is 0 Å². The van der Waals surface area contributed by atoms with Gasteiger partial charge in [0.25, 0.3) is 5.91 Å². The fourth-order valence-electron chi connectivity index (χ4n) is 2.61. The number of nitriles is 1. The summed E-state index contributed by atoms with van der Waals surface area (Å²) in [7, 11) is 0. The van der Waals surface area contributed by atoms with Crippen LogP contribution >= 0.6 is 15.9 Å². The topological polar surface area (TPSA) is 106 Å². The van der Waals surface area contributed by atoms with Crippen LogP contribution in [0.25, 0.3) is 5.69 Å². The van der Waals surface area contributed by atoms with Crippen LogP contribution < -0.4 is 5.32 Å². The Morgan fingerprint density at radius 1 is 1.14 bits per heavy atom. The zero-order chi connectivity index (χ0) is 19.5. The first-order valence-corrected chi connectivity index (χ1v) is 8.99. The lowest BCUT2D eigenvalue weighted by molar-refractivity contribution is 0.102. The number of nitrogens with one attached hydrogen (secondary N) is 1. The Hall–Kier alpha value is -3.71. The van der Waals surface area contributed by atoms with Crippen LogP contribution in [0.15, 0.2) is 65.7 Å². The van der Waals surface area contributed by atoms with E-state index >= 15 is 0 Å². The first-order valence-electron chi connectivity index (χ1n) is 8.20. The van der Waals surface area contributed by atoms with Crippen LogP contribution in [0.1, 0.15) is 16.1 Å². The number of rotatable bonds is 5. The zero-order valence-electron chi connectivity index (χ0n) is 14.4. The molecule has 0 atom stereocenters. The van der Waals surface area contributed by atoms with Crippen molar-refractivity contribution in [1.29, 1.82) is 5.26 Å². The van der Waals surface area contributed by atoms with Crippen molar-refractivity contribution in [2.75, 3.05) is 5.32 Å². The van der Waals surface area contributed by atoms with Crippen LogP contribution in [0, 0.1) is 11.3 Å². The molecule has 0 aliphatic heterocycles. The maximum Gasteiger partial charge on any atom is 0.277 e. The molecule has 0 bridgehead atoms. The Balaban J connectivity index is 1.56. The van der Waals surface area contributed by atoms with Gasteiger partial charge in [0.15, 0.2) is 11.5 Å². The number of carbonyl (C=O) groups excluding carboxylic acids is 1. The smallest absolute Gasteiger partial charge is 0.277 e. The lowest BCUT2D eigenvalue weighted by Crippen LogP contribution is -2.17. The van der Waals surface area contributed by atoms with Crippen molar-refractivity contribution in [2.45, 2.75) is 6.67 Å². The number of para-hydroxylation sites is 1. The molecule has 0 fully saturated rings. The van der Waals surface area contributed by atoms with Crippen LogP contribution in [0.4, 0.5) is 5.82 Å². The summed E-state index contributed by atoms with van der Waals surface area (Å²) in [5.74, 6) is -0.140. The fraction of sp³-hybridized carbons (Fsp3) is 0.0556. The Labute approximate surface area is 167 Å². The number of nitrogens with zero attached hydrogens (tertiary/aromatic N) is 7. The first-order chi connectivity index (χ1) is 13.6. The molecular formula is C18H13BrN8O. The van der Waals surface area contributed by atoms with Crippen molar-refractivity contribution in [3.05, 3.63) is 76.9 Å². The summed E-state index contributed by atoms with van der Waals surface area (Å²) in [6, 6.07) is 12.9. The third kappa shape index (κ3) is 3.56. The molecule has 0 unspecified atom stereocenters. The van der Waals surface area contributed by atoms with E-state index in [1.807, 2.05) is 36.4 Å². The Morgan fingerprint density at radius 2 is 1.96 bits per heavy atom. The van der Waals surface area contributed by atoms with Crippen molar-refractivity contribution >= 4 is 27.7 Å². The molecule has 4 aromatic rings. The Bertz CT molecular complexity index is 1170. The monoisotopic (exact) mass is 436 g/mol. The highest BCUT2D eigenvalue weighted by molar-refractivity contribution is 9.10. The molecule has 0 saturated carbocycles. The molecule has 0 aliphatic rings. The van der Waals surface area contributed by atoms with Gasteiger partial charge in [0.1, 0.15) is 18.3 Å². The van der Waals surface area contributed by atoms with Gasteiger partial charge < -0.3 is 5.32 Å². The molecule has 10 heteroatoms. The number of carbonyl (C=O) groups is 1. The number of amides is 1. The second-order valence-electron chi connectivity index (χ2n) is 5.80. The summed E-state index contributed by atoms with van der Waals surface area (Å²) in [5.41, 5.74) is 1.21. The molecular weight excluding hydrogens is 424 g/mol. The summed E-state index contributed by atoms with van der Waals surface area (Å²) in [6.45, 7) is 0.365. The molecule has 0 saturated heterocycles. The van der Waals surface area contributed by atoms with Gasteiger partial charge in [-0.05, 0) is 34.1 Å². The van der Waals surface area contributed by atoms with Gasteiger partial charge in [0.05, 0.1) is 22.6 Å². The zero-order valence-corrected chi connectivity index (χ0v) is 16.0. The number of anilines is 1. The van der Waals surface area contributed by atoms with Crippen molar-refractivity contribution in [1.82, 2.24) is 29.3 Å². The summed E-state index contributed by atoms with van der Waals surface area (Å²) in [5, 5.41) is 24.7. The minimum Gasteiger partial charge on any atom is -0.304 e. The molecule has 0 aliphatic carbocycles. The van der Waals surface area contributed by atoms with E-state index in [4.69, 9.17) is 0 Å². The molecule has 1 aromatic carbocycles. The van der Waals surface area contributed by atoms with Crippen molar-refractivity contribution in [3.63, 3.8) is 0 Å². The second kappa shape index (κ2) is 7.50. The quantitative estimate of drug-likeness (QED) is 0.517.